The molecule has 1 aromatic carbocycles. The van der Waals surface area contributed by atoms with Crippen molar-refractivity contribution in [1.82, 2.24) is 15.2 Å². The first-order valence-corrected chi connectivity index (χ1v) is 9.01. The summed E-state index contributed by atoms with van der Waals surface area (Å²) in [6, 6.07) is 10.5. The van der Waals surface area contributed by atoms with Crippen molar-refractivity contribution in [2.75, 3.05) is 25.0 Å². The first-order valence-electron chi connectivity index (χ1n) is 8.63. The minimum atomic E-state index is -0.212. The van der Waals surface area contributed by atoms with Gasteiger partial charge in [-0.3, -0.25) is 9.78 Å². The van der Waals surface area contributed by atoms with Gasteiger partial charge in [0.1, 0.15) is 0 Å². The van der Waals surface area contributed by atoms with Crippen LogP contribution in [0.3, 0.4) is 0 Å². The number of amides is 3. The van der Waals surface area contributed by atoms with E-state index in [1.165, 1.54) is 0 Å². The minimum Gasteiger partial charge on any atom is -0.352 e. The molecule has 0 bridgehead atoms. The monoisotopic (exact) mass is 372 g/mol. The molecule has 26 heavy (non-hydrogen) atoms. The zero-order chi connectivity index (χ0) is 18.5. The molecule has 136 valence electrons. The van der Waals surface area contributed by atoms with Crippen LogP contribution < -0.4 is 10.6 Å². The Hall–Kier alpha value is -2.60. The van der Waals surface area contributed by atoms with Gasteiger partial charge in [0, 0.05) is 43.1 Å². The Bertz CT molecular complexity index is 791. The average Bonchev–Trinajstić information content (AvgIpc) is 2.59. The molecule has 0 unspecified atom stereocenters. The normalized spacial score (nSPS) is 13.8. The van der Waals surface area contributed by atoms with Crippen LogP contribution in [0.2, 0.25) is 5.02 Å². The summed E-state index contributed by atoms with van der Waals surface area (Å²) in [4.78, 5) is 30.4. The minimum absolute atomic E-state index is 0.184. The van der Waals surface area contributed by atoms with Crippen LogP contribution in [0.25, 0.3) is 0 Å². The van der Waals surface area contributed by atoms with E-state index < -0.39 is 0 Å². The number of likely N-dealkylation sites (tertiary alicyclic amines) is 1. The predicted octanol–water partition coefficient (Wildman–Crippen LogP) is 3.51. The topological polar surface area (TPSA) is 74.3 Å². The van der Waals surface area contributed by atoms with Crippen LogP contribution in [0.4, 0.5) is 10.5 Å². The third-order valence-corrected chi connectivity index (χ3v) is 4.59. The maximum absolute atomic E-state index is 12.3. The number of urea groups is 1. The number of halogens is 1. The molecule has 1 saturated heterocycles. The molecule has 6 nitrogen and oxygen atoms in total. The van der Waals surface area contributed by atoms with E-state index in [9.17, 15) is 9.59 Å². The van der Waals surface area contributed by atoms with E-state index in [1.807, 2.05) is 25.1 Å². The lowest BCUT2D eigenvalue weighted by atomic mass is 9.96. The standard InChI is InChI=1S/C19H21ClN4O2/c1-2-8-22-18(25)15-7-6-14(10-16(15)20)23-19(26)24-11-13(12-24)17-5-3-4-9-21-17/h3-7,9-10,13H,2,8,11-12H2,1H3,(H,22,25)(H,23,26). The van der Waals surface area contributed by atoms with Gasteiger partial charge < -0.3 is 15.5 Å². The number of nitrogens with zero attached hydrogens (tertiary/aromatic N) is 2. The van der Waals surface area contributed by atoms with E-state index >= 15 is 0 Å². The van der Waals surface area contributed by atoms with Crippen LogP contribution in [0, 0.1) is 0 Å². The number of anilines is 1. The molecule has 0 aliphatic carbocycles. The van der Waals surface area contributed by atoms with Crippen molar-refractivity contribution in [1.29, 1.82) is 0 Å². The van der Waals surface area contributed by atoms with Crippen molar-refractivity contribution in [3.05, 3.63) is 58.9 Å². The summed E-state index contributed by atoms with van der Waals surface area (Å²) in [7, 11) is 0. The van der Waals surface area contributed by atoms with Crippen molar-refractivity contribution in [3.8, 4) is 0 Å². The molecule has 0 spiro atoms. The van der Waals surface area contributed by atoms with Crippen molar-refractivity contribution in [3.63, 3.8) is 0 Å². The van der Waals surface area contributed by atoms with Gasteiger partial charge in [-0.15, -0.1) is 0 Å². The van der Waals surface area contributed by atoms with Gasteiger partial charge in [0.15, 0.2) is 0 Å². The second-order valence-electron chi connectivity index (χ2n) is 6.24. The molecule has 0 saturated carbocycles. The van der Waals surface area contributed by atoms with Crippen LogP contribution in [0.1, 0.15) is 35.3 Å². The number of nitrogens with one attached hydrogen (secondary N) is 2. The molecule has 1 aliphatic heterocycles. The zero-order valence-electron chi connectivity index (χ0n) is 14.5. The average molecular weight is 373 g/mol. The molecule has 1 aliphatic rings. The third kappa shape index (κ3) is 4.14. The van der Waals surface area contributed by atoms with Gasteiger partial charge in [0.25, 0.3) is 5.91 Å². The number of hydrogen-bond donors (Lipinski definition) is 2. The Morgan fingerprint density at radius 1 is 1.27 bits per heavy atom. The molecule has 1 fully saturated rings. The summed E-state index contributed by atoms with van der Waals surface area (Å²) < 4.78 is 0. The molecule has 3 amide bonds. The molecular weight excluding hydrogens is 352 g/mol. The zero-order valence-corrected chi connectivity index (χ0v) is 15.3. The van der Waals surface area contributed by atoms with Gasteiger partial charge in [-0.25, -0.2) is 4.79 Å². The Morgan fingerprint density at radius 3 is 2.73 bits per heavy atom. The number of carbonyl (C=O) groups excluding carboxylic acids is 2. The Kier molecular flexibility index (Phi) is 5.73. The summed E-state index contributed by atoms with van der Waals surface area (Å²) in [5.41, 5.74) is 1.97. The van der Waals surface area contributed by atoms with Gasteiger partial charge in [-0.2, -0.15) is 0 Å². The smallest absolute Gasteiger partial charge is 0.321 e. The van der Waals surface area contributed by atoms with E-state index in [1.54, 1.807) is 29.3 Å². The predicted molar refractivity (Wildman–Crippen MR) is 102 cm³/mol. The SMILES string of the molecule is CCCNC(=O)c1ccc(NC(=O)N2CC(c3ccccn3)C2)cc1Cl. The highest BCUT2D eigenvalue weighted by molar-refractivity contribution is 6.34. The Balaban J connectivity index is 1.55. The van der Waals surface area contributed by atoms with E-state index in [2.05, 4.69) is 15.6 Å². The van der Waals surface area contributed by atoms with Gasteiger partial charge in [-0.1, -0.05) is 24.6 Å². The molecule has 2 N–H and O–H groups in total. The van der Waals surface area contributed by atoms with Gasteiger partial charge in [0.2, 0.25) is 0 Å². The number of pyridine rings is 1. The largest absolute Gasteiger partial charge is 0.352 e. The van der Waals surface area contributed by atoms with Crippen LogP contribution >= 0.6 is 11.6 Å². The molecule has 7 heteroatoms. The molecule has 2 heterocycles. The highest BCUT2D eigenvalue weighted by Crippen LogP contribution is 2.27. The fourth-order valence-corrected chi connectivity index (χ4v) is 3.03. The highest BCUT2D eigenvalue weighted by Gasteiger charge is 2.32. The molecule has 0 atom stereocenters. The maximum Gasteiger partial charge on any atom is 0.321 e. The van der Waals surface area contributed by atoms with Crippen molar-refractivity contribution in [2.24, 2.45) is 0 Å². The van der Waals surface area contributed by atoms with E-state index in [-0.39, 0.29) is 17.9 Å². The van der Waals surface area contributed by atoms with E-state index in [4.69, 9.17) is 11.6 Å². The van der Waals surface area contributed by atoms with Crippen LogP contribution in [-0.4, -0.2) is 41.5 Å². The summed E-state index contributed by atoms with van der Waals surface area (Å²) >= 11 is 6.18. The molecule has 1 aromatic heterocycles. The highest BCUT2D eigenvalue weighted by atomic mass is 35.5. The van der Waals surface area contributed by atoms with Gasteiger partial charge >= 0.3 is 6.03 Å². The third-order valence-electron chi connectivity index (χ3n) is 4.28. The first-order chi connectivity index (χ1) is 12.6. The Labute approximate surface area is 157 Å². The summed E-state index contributed by atoms with van der Waals surface area (Å²) in [5.74, 6) is 0.0610. The molecule has 2 aromatic rings. The molecule has 3 rings (SSSR count). The number of rotatable bonds is 5. The molecular formula is C19H21ClN4O2. The quantitative estimate of drug-likeness (QED) is 0.843. The van der Waals surface area contributed by atoms with Crippen molar-refractivity contribution < 1.29 is 9.59 Å². The van der Waals surface area contributed by atoms with Crippen LogP contribution in [0.5, 0.6) is 0 Å². The number of carbonyl (C=O) groups is 2. The van der Waals surface area contributed by atoms with Crippen molar-refractivity contribution in [2.45, 2.75) is 19.3 Å². The van der Waals surface area contributed by atoms with Crippen molar-refractivity contribution >= 4 is 29.2 Å². The maximum atomic E-state index is 12.3. The van der Waals surface area contributed by atoms with E-state index in [0.717, 1.165) is 12.1 Å². The first kappa shape index (κ1) is 18.2. The van der Waals surface area contributed by atoms with E-state index in [0.29, 0.717) is 35.9 Å². The second kappa shape index (κ2) is 8.19. The number of aromatic nitrogens is 1. The fourth-order valence-electron chi connectivity index (χ4n) is 2.76. The number of hydrogen-bond acceptors (Lipinski definition) is 3. The number of benzene rings is 1. The van der Waals surface area contributed by atoms with Gasteiger partial charge in [-0.05, 0) is 36.8 Å². The summed E-state index contributed by atoms with van der Waals surface area (Å²) in [6.45, 7) is 3.84. The lowest BCUT2D eigenvalue weighted by Gasteiger charge is -2.38. The van der Waals surface area contributed by atoms with Crippen LogP contribution in [0.15, 0.2) is 42.6 Å². The fraction of sp³-hybridized carbons (Fsp3) is 0.316. The lowest BCUT2D eigenvalue weighted by molar-refractivity contribution is 0.0954. The van der Waals surface area contributed by atoms with Gasteiger partial charge in [0.05, 0.1) is 10.6 Å². The second-order valence-corrected chi connectivity index (χ2v) is 6.64. The summed E-state index contributed by atoms with van der Waals surface area (Å²) in [5, 5.41) is 5.91. The van der Waals surface area contributed by atoms with Crippen LogP contribution in [-0.2, 0) is 0 Å². The lowest BCUT2D eigenvalue weighted by Crippen LogP contribution is -2.50. The Morgan fingerprint density at radius 2 is 2.08 bits per heavy atom. The molecule has 0 radical (unpaired) electrons. The summed E-state index contributed by atoms with van der Waals surface area (Å²) in [6.07, 6.45) is 2.62.